The largest absolute Gasteiger partial charge is 0.748 e. The summed E-state index contributed by atoms with van der Waals surface area (Å²) in [6.45, 7) is 0.501. The molecule has 2 aromatic rings. The average Bonchev–Trinajstić information content (AvgIpc) is 2.53. The van der Waals surface area contributed by atoms with Gasteiger partial charge in [-0.05, 0) is 36.2 Å². The first-order valence-corrected chi connectivity index (χ1v) is 9.67. The van der Waals surface area contributed by atoms with Crippen molar-refractivity contribution >= 4 is 26.0 Å². The highest BCUT2D eigenvalue weighted by molar-refractivity contribution is 9.10. The third kappa shape index (κ3) is 6.96. The Bertz CT molecular complexity index is 747. The second-order valence-electron chi connectivity index (χ2n) is 5.33. The van der Waals surface area contributed by atoms with Crippen LogP contribution in [0.1, 0.15) is 5.56 Å². The van der Waals surface area contributed by atoms with Crippen LogP contribution in [0.3, 0.4) is 0 Å². The molecule has 0 radical (unpaired) electrons. The lowest BCUT2D eigenvalue weighted by molar-refractivity contribution is -0.703. The molecular weight excluding hydrogens is 398 g/mol. The van der Waals surface area contributed by atoms with Crippen LogP contribution >= 0.6 is 15.9 Å². The van der Waals surface area contributed by atoms with Crippen LogP contribution in [0.15, 0.2) is 53.3 Å². The van der Waals surface area contributed by atoms with Gasteiger partial charge in [0.2, 0.25) is 0 Å². The summed E-state index contributed by atoms with van der Waals surface area (Å²) in [7, 11) is -4.20. The molecule has 1 unspecified atom stereocenters. The summed E-state index contributed by atoms with van der Waals surface area (Å²) >= 11 is 3.34. The first-order chi connectivity index (χ1) is 11.3. The Labute approximate surface area is 149 Å². The van der Waals surface area contributed by atoms with Crippen LogP contribution in [0.25, 0.3) is 0 Å². The van der Waals surface area contributed by atoms with Gasteiger partial charge in [0.05, 0.1) is 10.1 Å². The summed E-state index contributed by atoms with van der Waals surface area (Å²) in [5, 5.41) is 10.0. The molecule has 2 rings (SSSR count). The quantitative estimate of drug-likeness (QED) is 0.517. The van der Waals surface area contributed by atoms with E-state index in [-0.39, 0.29) is 13.0 Å². The van der Waals surface area contributed by atoms with Gasteiger partial charge in [-0.1, -0.05) is 15.9 Å². The summed E-state index contributed by atoms with van der Waals surface area (Å²) in [6.07, 6.45) is 2.96. The maximum Gasteiger partial charge on any atom is 0.177 e. The maximum atomic E-state index is 10.6. The molecule has 6 nitrogen and oxygen atoms in total. The van der Waals surface area contributed by atoms with Gasteiger partial charge in [-0.2, -0.15) is 0 Å². The normalized spacial score (nSPS) is 12.8. The zero-order valence-electron chi connectivity index (χ0n) is 12.8. The second kappa shape index (κ2) is 8.57. The maximum absolute atomic E-state index is 10.6. The van der Waals surface area contributed by atoms with Crippen LogP contribution < -0.4 is 9.30 Å². The van der Waals surface area contributed by atoms with E-state index < -0.39 is 22.0 Å². The van der Waals surface area contributed by atoms with Crippen molar-refractivity contribution in [1.29, 1.82) is 0 Å². The van der Waals surface area contributed by atoms with E-state index in [9.17, 15) is 18.1 Å². The molecule has 0 aliphatic heterocycles. The van der Waals surface area contributed by atoms with Crippen LogP contribution in [-0.4, -0.2) is 36.5 Å². The number of hydrogen-bond donors (Lipinski definition) is 1. The van der Waals surface area contributed by atoms with Gasteiger partial charge in [-0.25, -0.2) is 13.0 Å². The molecule has 1 atom stereocenters. The summed E-state index contributed by atoms with van der Waals surface area (Å²) in [4.78, 5) is 0. The van der Waals surface area contributed by atoms with Crippen molar-refractivity contribution in [3.63, 3.8) is 0 Å². The predicted octanol–water partition coefficient (Wildman–Crippen LogP) is 1.26. The van der Waals surface area contributed by atoms with Crippen molar-refractivity contribution in [3.05, 3.63) is 58.8 Å². The van der Waals surface area contributed by atoms with Crippen LogP contribution in [-0.2, 0) is 23.1 Å². The number of aliphatic hydroxyl groups is 1. The summed E-state index contributed by atoms with van der Waals surface area (Å²) in [5.41, 5.74) is 0.756. The van der Waals surface area contributed by atoms with E-state index >= 15 is 0 Å². The molecule has 130 valence electrons. The molecule has 24 heavy (non-hydrogen) atoms. The van der Waals surface area contributed by atoms with Gasteiger partial charge in [0.1, 0.15) is 18.5 Å². The topological polar surface area (TPSA) is 90.5 Å². The number of aliphatic hydroxyl groups excluding tert-OH is 1. The molecule has 0 saturated heterocycles. The molecule has 0 aliphatic carbocycles. The Morgan fingerprint density at radius 2 is 1.79 bits per heavy atom. The average molecular weight is 416 g/mol. The van der Waals surface area contributed by atoms with E-state index in [1.807, 2.05) is 24.3 Å². The highest BCUT2D eigenvalue weighted by Gasteiger charge is 2.12. The first kappa shape index (κ1) is 18.9. The van der Waals surface area contributed by atoms with Gasteiger partial charge in [-0.15, -0.1) is 0 Å². The molecule has 1 aromatic carbocycles. The molecule has 1 heterocycles. The third-order valence-electron chi connectivity index (χ3n) is 3.28. The molecular formula is C16H18BrNO5S. The van der Waals surface area contributed by atoms with Gasteiger partial charge >= 0.3 is 0 Å². The fraction of sp³-hybridized carbons (Fsp3) is 0.312. The Balaban J connectivity index is 1.81. The van der Waals surface area contributed by atoms with E-state index in [4.69, 9.17) is 4.74 Å². The van der Waals surface area contributed by atoms with Gasteiger partial charge in [0.25, 0.3) is 0 Å². The van der Waals surface area contributed by atoms with Gasteiger partial charge in [-0.3, -0.25) is 0 Å². The van der Waals surface area contributed by atoms with Crippen LogP contribution in [0, 0.1) is 0 Å². The van der Waals surface area contributed by atoms with Crippen molar-refractivity contribution in [2.45, 2.75) is 19.1 Å². The number of benzene rings is 1. The Morgan fingerprint density at radius 3 is 2.38 bits per heavy atom. The molecule has 0 amide bonds. The van der Waals surface area contributed by atoms with Crippen molar-refractivity contribution in [1.82, 2.24) is 0 Å². The third-order valence-corrected chi connectivity index (χ3v) is 4.51. The highest BCUT2D eigenvalue weighted by Crippen LogP contribution is 2.16. The minimum Gasteiger partial charge on any atom is -0.748 e. The smallest absolute Gasteiger partial charge is 0.177 e. The minimum absolute atomic E-state index is 0.158. The summed E-state index contributed by atoms with van der Waals surface area (Å²) in [5.74, 6) is 0.261. The van der Waals surface area contributed by atoms with Crippen molar-refractivity contribution < 1.29 is 27.4 Å². The summed E-state index contributed by atoms with van der Waals surface area (Å²) in [6, 6.07) is 10.8. The Morgan fingerprint density at radius 1 is 1.17 bits per heavy atom. The lowest BCUT2D eigenvalue weighted by Gasteiger charge is -2.10. The number of nitrogens with zero attached hydrogens (tertiary/aromatic N) is 1. The number of halogens is 1. The van der Waals surface area contributed by atoms with Crippen molar-refractivity contribution in [2.24, 2.45) is 0 Å². The van der Waals surface area contributed by atoms with Crippen LogP contribution in [0.4, 0.5) is 0 Å². The Hall–Kier alpha value is -1.48. The monoisotopic (exact) mass is 415 g/mol. The SMILES string of the molecule is O=S(=O)([O-])CCc1cc[n+](CC(O)COc2ccc(Br)cc2)cc1. The number of ether oxygens (including phenoxy) is 1. The molecule has 0 bridgehead atoms. The Kier molecular flexibility index (Phi) is 6.73. The lowest BCUT2D eigenvalue weighted by atomic mass is 10.2. The van der Waals surface area contributed by atoms with Gasteiger partial charge in [0, 0.05) is 22.4 Å². The number of rotatable bonds is 8. The number of aryl methyl sites for hydroxylation is 1. The molecule has 1 N–H and O–H groups in total. The molecule has 0 saturated carbocycles. The van der Waals surface area contributed by atoms with Crippen molar-refractivity contribution in [2.75, 3.05) is 12.4 Å². The first-order valence-electron chi connectivity index (χ1n) is 7.30. The molecule has 0 aliphatic rings. The van der Waals surface area contributed by atoms with Crippen LogP contribution in [0.5, 0.6) is 5.75 Å². The standard InChI is InChI=1S/C16H18BrNO5S/c17-14-1-3-16(4-2-14)23-12-15(19)11-18-8-5-13(6-9-18)7-10-24(20,21)22/h1-6,8-9,15,19H,7,10-12H2. The van der Waals surface area contributed by atoms with E-state index in [0.29, 0.717) is 12.3 Å². The summed E-state index contributed by atoms with van der Waals surface area (Å²) < 4.78 is 40.1. The van der Waals surface area contributed by atoms with Crippen molar-refractivity contribution in [3.8, 4) is 5.75 Å². The molecule has 0 fully saturated rings. The zero-order chi connectivity index (χ0) is 17.6. The fourth-order valence-electron chi connectivity index (χ4n) is 2.04. The number of hydrogen-bond acceptors (Lipinski definition) is 5. The zero-order valence-corrected chi connectivity index (χ0v) is 15.2. The minimum atomic E-state index is -4.20. The highest BCUT2D eigenvalue weighted by atomic mass is 79.9. The second-order valence-corrected chi connectivity index (χ2v) is 7.77. The fourth-order valence-corrected chi connectivity index (χ4v) is 2.79. The van der Waals surface area contributed by atoms with E-state index in [0.717, 1.165) is 10.0 Å². The van der Waals surface area contributed by atoms with E-state index in [1.54, 1.807) is 29.1 Å². The molecule has 8 heteroatoms. The van der Waals surface area contributed by atoms with Gasteiger partial charge < -0.3 is 14.4 Å². The van der Waals surface area contributed by atoms with E-state index in [1.165, 1.54) is 0 Å². The number of pyridine rings is 1. The molecule has 1 aromatic heterocycles. The van der Waals surface area contributed by atoms with Gasteiger partial charge in [0.15, 0.2) is 18.9 Å². The van der Waals surface area contributed by atoms with E-state index in [2.05, 4.69) is 15.9 Å². The molecule has 0 spiro atoms. The predicted molar refractivity (Wildman–Crippen MR) is 90.5 cm³/mol. The lowest BCUT2D eigenvalue weighted by Crippen LogP contribution is -2.41. The number of aromatic nitrogens is 1. The van der Waals surface area contributed by atoms with Crippen LogP contribution in [0.2, 0.25) is 0 Å².